The average Bonchev–Trinajstić information content (AvgIpc) is 2.87. The zero-order valence-electron chi connectivity index (χ0n) is 11.9. The molecular formula is C15H20N2O3. The molecule has 5 heteroatoms. The second-order valence-electron chi connectivity index (χ2n) is 5.65. The van der Waals surface area contributed by atoms with Gasteiger partial charge < -0.3 is 0 Å². The van der Waals surface area contributed by atoms with E-state index in [9.17, 15) is 14.9 Å². The maximum atomic E-state index is 12.3. The number of ketones is 1. The first-order valence-electron chi connectivity index (χ1n) is 7.00. The van der Waals surface area contributed by atoms with E-state index in [0.717, 1.165) is 19.4 Å². The van der Waals surface area contributed by atoms with Crippen molar-refractivity contribution >= 4 is 11.5 Å². The number of nitro benzene ring substituents is 1. The van der Waals surface area contributed by atoms with Crippen LogP contribution in [0, 0.1) is 16.0 Å². The summed E-state index contributed by atoms with van der Waals surface area (Å²) in [4.78, 5) is 24.8. The lowest BCUT2D eigenvalue weighted by Crippen LogP contribution is -2.37. The Labute approximate surface area is 118 Å². The number of likely N-dealkylation sites (tertiary alicyclic amines) is 1. The van der Waals surface area contributed by atoms with Crippen LogP contribution in [0.15, 0.2) is 24.3 Å². The van der Waals surface area contributed by atoms with Gasteiger partial charge in [-0.2, -0.15) is 0 Å². The first kappa shape index (κ1) is 14.7. The number of hydrogen-bond donors (Lipinski definition) is 0. The van der Waals surface area contributed by atoms with Gasteiger partial charge in [-0.3, -0.25) is 19.8 Å². The fourth-order valence-electron chi connectivity index (χ4n) is 2.87. The van der Waals surface area contributed by atoms with Crippen molar-refractivity contribution in [2.24, 2.45) is 5.92 Å². The molecule has 0 saturated carbocycles. The Morgan fingerprint density at radius 1 is 1.50 bits per heavy atom. The number of rotatable bonds is 5. The van der Waals surface area contributed by atoms with Gasteiger partial charge in [0.2, 0.25) is 0 Å². The van der Waals surface area contributed by atoms with Crippen LogP contribution in [0.2, 0.25) is 0 Å². The molecule has 5 nitrogen and oxygen atoms in total. The largest absolute Gasteiger partial charge is 0.293 e. The summed E-state index contributed by atoms with van der Waals surface area (Å²) in [6.45, 7) is 5.62. The highest BCUT2D eigenvalue weighted by Gasteiger charge is 2.28. The van der Waals surface area contributed by atoms with Gasteiger partial charge >= 0.3 is 0 Å². The molecule has 0 radical (unpaired) electrons. The van der Waals surface area contributed by atoms with Gasteiger partial charge in [-0.05, 0) is 25.3 Å². The van der Waals surface area contributed by atoms with Crippen molar-refractivity contribution < 1.29 is 9.72 Å². The van der Waals surface area contributed by atoms with Gasteiger partial charge in [0.15, 0.2) is 5.78 Å². The lowest BCUT2D eigenvalue weighted by molar-refractivity contribution is -0.384. The Balaban J connectivity index is 2.08. The summed E-state index contributed by atoms with van der Waals surface area (Å²) in [7, 11) is 0. The molecule has 0 amide bonds. The van der Waals surface area contributed by atoms with E-state index in [1.165, 1.54) is 12.1 Å². The van der Waals surface area contributed by atoms with Gasteiger partial charge in [-0.25, -0.2) is 0 Å². The topological polar surface area (TPSA) is 63.5 Å². The molecule has 0 bridgehead atoms. The Morgan fingerprint density at radius 2 is 2.25 bits per heavy atom. The molecule has 1 unspecified atom stereocenters. The number of non-ortho nitro benzene ring substituents is 1. The van der Waals surface area contributed by atoms with Gasteiger partial charge in [0.25, 0.3) is 5.69 Å². The second-order valence-corrected chi connectivity index (χ2v) is 5.65. The molecule has 20 heavy (non-hydrogen) atoms. The van der Waals surface area contributed by atoms with Crippen LogP contribution in [0.5, 0.6) is 0 Å². The van der Waals surface area contributed by atoms with Crippen molar-refractivity contribution in [1.82, 2.24) is 4.90 Å². The molecule has 0 aliphatic carbocycles. The Bertz CT molecular complexity index is 514. The predicted molar refractivity (Wildman–Crippen MR) is 76.9 cm³/mol. The highest BCUT2D eigenvalue weighted by Crippen LogP contribution is 2.24. The monoisotopic (exact) mass is 276 g/mol. The number of carbonyl (C=O) groups is 1. The zero-order valence-corrected chi connectivity index (χ0v) is 11.9. The standard InChI is InChI=1S/C15H20N2O3/c1-11(2)14-7-4-8-16(14)10-15(18)12-5-3-6-13(9-12)17(19)20/h3,5-6,9,11,14H,4,7-8,10H2,1-2H3. The van der Waals surface area contributed by atoms with Crippen LogP contribution in [0.4, 0.5) is 5.69 Å². The third-order valence-corrected chi connectivity index (χ3v) is 3.91. The number of Topliss-reactive ketones (excluding diaryl/α,β-unsaturated/α-hetero) is 1. The van der Waals surface area contributed by atoms with E-state index in [2.05, 4.69) is 18.7 Å². The summed E-state index contributed by atoms with van der Waals surface area (Å²) < 4.78 is 0. The van der Waals surface area contributed by atoms with E-state index in [4.69, 9.17) is 0 Å². The van der Waals surface area contributed by atoms with Gasteiger partial charge in [-0.15, -0.1) is 0 Å². The summed E-state index contributed by atoms with van der Waals surface area (Å²) in [6.07, 6.45) is 2.24. The molecule has 0 aromatic heterocycles. The zero-order chi connectivity index (χ0) is 14.7. The van der Waals surface area contributed by atoms with Crippen LogP contribution < -0.4 is 0 Å². The lowest BCUT2D eigenvalue weighted by Gasteiger charge is -2.26. The molecule has 2 rings (SSSR count). The number of hydrogen-bond acceptors (Lipinski definition) is 4. The SMILES string of the molecule is CC(C)C1CCCN1CC(=O)c1cccc([N+](=O)[O-])c1. The molecule has 0 spiro atoms. The minimum Gasteiger partial charge on any atom is -0.293 e. The Morgan fingerprint density at radius 3 is 2.90 bits per heavy atom. The van der Waals surface area contributed by atoms with E-state index in [1.54, 1.807) is 12.1 Å². The van der Waals surface area contributed by atoms with E-state index < -0.39 is 4.92 Å². The van der Waals surface area contributed by atoms with Crippen molar-refractivity contribution in [3.63, 3.8) is 0 Å². The number of nitrogens with zero attached hydrogens (tertiary/aromatic N) is 2. The Kier molecular flexibility index (Phi) is 4.49. The van der Waals surface area contributed by atoms with Gasteiger partial charge in [-0.1, -0.05) is 26.0 Å². The van der Waals surface area contributed by atoms with Crippen LogP contribution in [-0.4, -0.2) is 34.7 Å². The van der Waals surface area contributed by atoms with E-state index in [1.807, 2.05) is 0 Å². The second kappa shape index (κ2) is 6.13. The summed E-state index contributed by atoms with van der Waals surface area (Å²) in [5.41, 5.74) is 0.395. The number of nitro groups is 1. The quantitative estimate of drug-likeness (QED) is 0.471. The minimum atomic E-state index is -0.469. The van der Waals surface area contributed by atoms with E-state index in [0.29, 0.717) is 24.1 Å². The fraction of sp³-hybridized carbons (Fsp3) is 0.533. The lowest BCUT2D eigenvalue weighted by atomic mass is 10.0. The Hall–Kier alpha value is -1.75. The van der Waals surface area contributed by atoms with Crippen LogP contribution in [-0.2, 0) is 0 Å². The molecule has 1 saturated heterocycles. The maximum Gasteiger partial charge on any atom is 0.270 e. The van der Waals surface area contributed by atoms with E-state index in [-0.39, 0.29) is 11.5 Å². The molecular weight excluding hydrogens is 256 g/mol. The van der Waals surface area contributed by atoms with Crippen molar-refractivity contribution in [2.75, 3.05) is 13.1 Å². The molecule has 1 aromatic rings. The van der Waals surface area contributed by atoms with Crippen LogP contribution in [0.25, 0.3) is 0 Å². The first-order valence-corrected chi connectivity index (χ1v) is 7.00. The van der Waals surface area contributed by atoms with Crippen molar-refractivity contribution in [3.05, 3.63) is 39.9 Å². The summed E-state index contributed by atoms with van der Waals surface area (Å²) in [6, 6.07) is 6.43. The summed E-state index contributed by atoms with van der Waals surface area (Å²) in [5, 5.41) is 10.7. The van der Waals surface area contributed by atoms with Crippen molar-refractivity contribution in [2.45, 2.75) is 32.7 Å². The molecule has 1 heterocycles. The van der Waals surface area contributed by atoms with Crippen LogP contribution in [0.1, 0.15) is 37.0 Å². The third-order valence-electron chi connectivity index (χ3n) is 3.91. The van der Waals surface area contributed by atoms with Crippen molar-refractivity contribution in [3.8, 4) is 0 Å². The third kappa shape index (κ3) is 3.22. The van der Waals surface area contributed by atoms with Crippen LogP contribution >= 0.6 is 0 Å². The summed E-state index contributed by atoms with van der Waals surface area (Å²) in [5.74, 6) is 0.483. The van der Waals surface area contributed by atoms with Gasteiger partial charge in [0, 0.05) is 23.7 Å². The predicted octanol–water partition coefficient (Wildman–Crippen LogP) is 2.90. The molecule has 108 valence electrons. The van der Waals surface area contributed by atoms with Gasteiger partial charge in [0.05, 0.1) is 11.5 Å². The average molecular weight is 276 g/mol. The molecule has 1 aliphatic heterocycles. The van der Waals surface area contributed by atoms with E-state index >= 15 is 0 Å². The smallest absolute Gasteiger partial charge is 0.270 e. The molecule has 1 fully saturated rings. The summed E-state index contributed by atoms with van der Waals surface area (Å²) >= 11 is 0. The normalized spacial score (nSPS) is 19.4. The highest BCUT2D eigenvalue weighted by molar-refractivity contribution is 5.98. The fourth-order valence-corrected chi connectivity index (χ4v) is 2.87. The maximum absolute atomic E-state index is 12.3. The van der Waals surface area contributed by atoms with Crippen molar-refractivity contribution in [1.29, 1.82) is 0 Å². The number of carbonyl (C=O) groups excluding carboxylic acids is 1. The molecule has 1 aliphatic rings. The van der Waals surface area contributed by atoms with Gasteiger partial charge in [0.1, 0.15) is 0 Å². The van der Waals surface area contributed by atoms with Crippen LogP contribution in [0.3, 0.4) is 0 Å². The number of benzene rings is 1. The minimum absolute atomic E-state index is 0.0299. The molecule has 0 N–H and O–H groups in total. The first-order chi connectivity index (χ1) is 9.49. The molecule has 1 aromatic carbocycles. The highest BCUT2D eigenvalue weighted by atomic mass is 16.6. The molecule has 1 atom stereocenters.